The maximum Gasteiger partial charge on any atom is 0.179 e. The lowest BCUT2D eigenvalue weighted by Crippen LogP contribution is -2.74. The Morgan fingerprint density at radius 2 is 0.963 bits per heavy atom. The summed E-state index contributed by atoms with van der Waals surface area (Å²) in [5, 5.41) is 5.58. The average Bonchev–Trinajstić information content (AvgIpc) is 2.77. The van der Waals surface area contributed by atoms with Gasteiger partial charge in [0.2, 0.25) is 0 Å². The van der Waals surface area contributed by atoms with Crippen LogP contribution in [0.1, 0.15) is 1.37 Å². The average molecular weight is 385 g/mol. The predicted molar refractivity (Wildman–Crippen MR) is 120 cm³/mol. The third-order valence-electron chi connectivity index (χ3n) is 5.02. The van der Waals surface area contributed by atoms with Crippen molar-refractivity contribution in [2.45, 2.75) is 0 Å². The van der Waals surface area contributed by atoms with E-state index >= 15 is 0 Å². The maximum absolute atomic E-state index is 11.5. The van der Waals surface area contributed by atoms with Crippen molar-refractivity contribution in [1.29, 1.82) is 0 Å². The Labute approximate surface area is 164 Å². The fraction of sp³-hybridized carbons (Fsp3) is 0. The van der Waals surface area contributed by atoms with E-state index in [-0.39, 0.29) is 0 Å². The van der Waals surface area contributed by atoms with Gasteiger partial charge in [0.05, 0.1) is 9.83 Å². The molecule has 4 rings (SSSR count). The first kappa shape index (κ1) is 16.5. The van der Waals surface area contributed by atoms with E-state index in [0.717, 1.165) is 5.19 Å². The Hall–Kier alpha value is -2.67. The zero-order valence-electron chi connectivity index (χ0n) is 15.9. The van der Waals surface area contributed by atoms with Crippen molar-refractivity contribution in [2.24, 2.45) is 0 Å². The highest BCUT2D eigenvalue weighted by molar-refractivity contribution is 7.34. The standard InChI is InChI=1S/C24H21OPSi/c25-26-20-16-18-24(19-17-20)27(21-10-4-1-5-11-21,22-12-6-2-7-13-22)23-14-8-3-9-15-23/h1-19H,26H2/i16D. The first-order valence-electron chi connectivity index (χ1n) is 9.49. The normalized spacial score (nSPS) is 12.2. The first-order valence-corrected chi connectivity index (χ1v) is 12.0. The molecule has 0 fully saturated rings. The predicted octanol–water partition coefficient (Wildman–Crippen LogP) is 2.45. The van der Waals surface area contributed by atoms with Gasteiger partial charge in [-0.15, -0.1) is 0 Å². The quantitative estimate of drug-likeness (QED) is 0.293. The van der Waals surface area contributed by atoms with Crippen molar-refractivity contribution in [3.05, 3.63) is 115 Å². The van der Waals surface area contributed by atoms with Gasteiger partial charge in [-0.2, -0.15) is 0 Å². The lowest BCUT2D eigenvalue weighted by Gasteiger charge is -2.34. The summed E-state index contributed by atoms with van der Waals surface area (Å²) >= 11 is 0. The Kier molecular flexibility index (Phi) is 4.84. The molecule has 0 bridgehead atoms. The first-order chi connectivity index (χ1) is 13.8. The summed E-state index contributed by atoms with van der Waals surface area (Å²) in [6, 6.07) is 38.1. The fourth-order valence-electron chi connectivity index (χ4n) is 3.81. The molecular weight excluding hydrogens is 363 g/mol. The van der Waals surface area contributed by atoms with Crippen molar-refractivity contribution >= 4 is 42.6 Å². The number of hydrogen-bond donors (Lipinski definition) is 0. The molecule has 0 aromatic heterocycles. The molecule has 0 amide bonds. The van der Waals surface area contributed by atoms with Crippen molar-refractivity contribution in [3.63, 3.8) is 0 Å². The van der Waals surface area contributed by atoms with Gasteiger partial charge >= 0.3 is 0 Å². The molecule has 0 aliphatic carbocycles. The van der Waals surface area contributed by atoms with Crippen molar-refractivity contribution in [1.82, 2.24) is 0 Å². The smallest absolute Gasteiger partial charge is 0.179 e. The van der Waals surface area contributed by atoms with E-state index in [0.29, 0.717) is 11.3 Å². The minimum absolute atomic E-state index is 0.363. The van der Waals surface area contributed by atoms with Crippen LogP contribution in [0.3, 0.4) is 0 Å². The largest absolute Gasteiger partial charge is 0.325 e. The zero-order valence-corrected chi connectivity index (χ0v) is 17.0. The highest BCUT2D eigenvalue weighted by atomic mass is 31.1. The molecule has 4 aromatic carbocycles. The molecule has 3 heteroatoms. The second-order valence-corrected chi connectivity index (χ2v) is 11.2. The topological polar surface area (TPSA) is 17.1 Å². The van der Waals surface area contributed by atoms with E-state index in [1.807, 2.05) is 30.3 Å². The van der Waals surface area contributed by atoms with Crippen LogP contribution in [-0.2, 0) is 4.57 Å². The summed E-state index contributed by atoms with van der Waals surface area (Å²) in [5.74, 6) is 0. The third-order valence-corrected chi connectivity index (χ3v) is 10.4. The Bertz CT molecular complexity index is 989. The molecular formula is C24H21OPSi. The van der Waals surface area contributed by atoms with Crippen molar-refractivity contribution in [2.75, 3.05) is 0 Å². The van der Waals surface area contributed by atoms with Crippen LogP contribution >= 0.6 is 8.46 Å². The Morgan fingerprint density at radius 3 is 1.33 bits per heavy atom. The van der Waals surface area contributed by atoms with Crippen LogP contribution in [0.2, 0.25) is 0 Å². The van der Waals surface area contributed by atoms with E-state index in [9.17, 15) is 4.57 Å². The molecule has 1 unspecified atom stereocenters. The molecule has 0 saturated heterocycles. The summed E-state index contributed by atoms with van der Waals surface area (Å²) < 4.78 is 19.9. The molecule has 0 N–H and O–H groups in total. The molecule has 0 radical (unpaired) electrons. The molecule has 0 aliphatic rings. The molecule has 4 aromatic rings. The number of hydrogen-bond acceptors (Lipinski definition) is 1. The van der Waals surface area contributed by atoms with Gasteiger partial charge in [0.15, 0.2) is 8.07 Å². The number of benzene rings is 4. The van der Waals surface area contributed by atoms with Crippen molar-refractivity contribution in [3.8, 4) is 0 Å². The third kappa shape index (κ3) is 3.23. The van der Waals surface area contributed by atoms with Crippen LogP contribution in [-0.4, -0.2) is 8.07 Å². The molecule has 0 aliphatic heterocycles. The van der Waals surface area contributed by atoms with Crippen LogP contribution < -0.4 is 26.1 Å². The summed E-state index contributed by atoms with van der Waals surface area (Å²) in [4.78, 5) is 0. The van der Waals surface area contributed by atoms with Gasteiger partial charge in [0.25, 0.3) is 0 Å². The molecule has 0 saturated carbocycles. The van der Waals surface area contributed by atoms with Gasteiger partial charge < -0.3 is 4.57 Å². The lowest BCUT2D eigenvalue weighted by molar-refractivity contribution is 0.603. The Morgan fingerprint density at radius 1 is 0.556 bits per heavy atom. The fourth-order valence-corrected chi connectivity index (χ4v) is 8.83. The molecule has 132 valence electrons. The van der Waals surface area contributed by atoms with E-state index in [2.05, 4.69) is 78.9 Å². The summed E-state index contributed by atoms with van der Waals surface area (Å²) in [6.45, 7) is 0. The van der Waals surface area contributed by atoms with Gasteiger partial charge in [-0.25, -0.2) is 0 Å². The van der Waals surface area contributed by atoms with E-state index in [4.69, 9.17) is 1.37 Å². The molecule has 0 spiro atoms. The van der Waals surface area contributed by atoms with Crippen LogP contribution in [0.4, 0.5) is 0 Å². The Balaban J connectivity index is 2.13. The van der Waals surface area contributed by atoms with Crippen LogP contribution in [0, 0.1) is 0 Å². The van der Waals surface area contributed by atoms with Gasteiger partial charge in [0.1, 0.15) is 0 Å². The second-order valence-electron chi connectivity index (χ2n) is 6.50. The lowest BCUT2D eigenvalue weighted by atomic mass is 10.3. The molecule has 1 atom stereocenters. The highest BCUT2D eigenvalue weighted by Gasteiger charge is 2.41. The van der Waals surface area contributed by atoms with Crippen molar-refractivity contribution < 1.29 is 5.94 Å². The van der Waals surface area contributed by atoms with E-state index < -0.39 is 16.5 Å². The maximum atomic E-state index is 11.5. The van der Waals surface area contributed by atoms with E-state index in [1.54, 1.807) is 0 Å². The van der Waals surface area contributed by atoms with Gasteiger partial charge in [0, 0.05) is 5.30 Å². The molecule has 0 heterocycles. The van der Waals surface area contributed by atoms with Crippen LogP contribution in [0.25, 0.3) is 0 Å². The minimum atomic E-state index is -2.58. The summed E-state index contributed by atoms with van der Waals surface area (Å²) in [5.41, 5.74) is 0. The van der Waals surface area contributed by atoms with Gasteiger partial charge in [-0.3, -0.25) is 0 Å². The van der Waals surface area contributed by atoms with Crippen LogP contribution in [0.15, 0.2) is 115 Å². The second kappa shape index (κ2) is 7.92. The summed E-state index contributed by atoms with van der Waals surface area (Å²) in [7, 11) is -3.69. The van der Waals surface area contributed by atoms with E-state index in [1.165, 1.54) is 15.6 Å². The highest BCUT2D eigenvalue weighted by Crippen LogP contribution is 2.09. The van der Waals surface area contributed by atoms with Gasteiger partial charge in [-0.05, 0) is 20.7 Å². The SMILES string of the molecule is [2H]c1cc([Si](c2ccccc2)(c2ccccc2)c2ccccc2)ccc1[PH2]=O. The van der Waals surface area contributed by atoms with Crippen LogP contribution in [0.5, 0.6) is 0 Å². The number of rotatable bonds is 5. The molecule has 27 heavy (non-hydrogen) atoms. The molecule has 1 nitrogen and oxygen atoms in total. The zero-order chi connectivity index (χ0) is 19.4. The van der Waals surface area contributed by atoms with Gasteiger partial charge in [-0.1, -0.05) is 115 Å². The minimum Gasteiger partial charge on any atom is -0.325 e. The summed E-state index contributed by atoms with van der Waals surface area (Å²) in [6.07, 6.45) is 0. The monoisotopic (exact) mass is 385 g/mol.